The first kappa shape index (κ1) is 22.3. The number of phenols is 2. The van der Waals surface area contributed by atoms with E-state index in [1.807, 2.05) is 9.80 Å². The van der Waals surface area contributed by atoms with Crippen LogP contribution in [0.1, 0.15) is 11.1 Å². The zero-order valence-corrected chi connectivity index (χ0v) is 16.3. The Labute approximate surface area is 175 Å². The van der Waals surface area contributed by atoms with Gasteiger partial charge in [0.05, 0.1) is 17.0 Å². The number of anilines is 1. The highest BCUT2D eigenvalue weighted by Gasteiger charge is 2.31. The van der Waals surface area contributed by atoms with Crippen LogP contribution < -0.4 is 4.90 Å². The number of hydrogen-bond acceptors (Lipinski definition) is 7. The normalized spacial score (nSPS) is 15.1. The Morgan fingerprint density at radius 1 is 1.10 bits per heavy atom. The first-order chi connectivity index (χ1) is 14.5. The van der Waals surface area contributed by atoms with Gasteiger partial charge in [-0.2, -0.15) is 13.2 Å². The molecule has 0 unspecified atom stereocenters. The van der Waals surface area contributed by atoms with E-state index in [0.717, 1.165) is 24.3 Å². The molecule has 11 heteroatoms. The average Bonchev–Trinajstić information content (AvgIpc) is 2.70. The largest absolute Gasteiger partial charge is 0.504 e. The van der Waals surface area contributed by atoms with E-state index >= 15 is 0 Å². The van der Waals surface area contributed by atoms with Gasteiger partial charge in [0.15, 0.2) is 11.5 Å². The third-order valence-corrected chi connectivity index (χ3v) is 5.04. The SMILES string of the molecule is O=C(Cc1cc(O)c(O)c([N+](=O)[O-])c1)CN1CCN(c2cccc(C(F)(F)F)c2)CC1. The summed E-state index contributed by atoms with van der Waals surface area (Å²) in [6, 6.07) is 7.24. The molecule has 166 valence electrons. The zero-order valence-electron chi connectivity index (χ0n) is 16.3. The van der Waals surface area contributed by atoms with Crippen molar-refractivity contribution in [3.05, 3.63) is 57.6 Å². The van der Waals surface area contributed by atoms with Crippen molar-refractivity contribution in [1.29, 1.82) is 0 Å². The number of carbonyl (C=O) groups is 1. The number of aromatic hydroxyl groups is 2. The lowest BCUT2D eigenvalue weighted by atomic mass is 10.1. The highest BCUT2D eigenvalue weighted by atomic mass is 19.4. The molecule has 8 nitrogen and oxygen atoms in total. The fourth-order valence-corrected chi connectivity index (χ4v) is 3.48. The number of phenolic OH excluding ortho intramolecular Hbond substituents is 2. The number of alkyl halides is 3. The highest BCUT2D eigenvalue weighted by Crippen LogP contribution is 2.36. The molecule has 1 heterocycles. The van der Waals surface area contributed by atoms with E-state index < -0.39 is 33.8 Å². The Hall–Kier alpha value is -3.34. The highest BCUT2D eigenvalue weighted by molar-refractivity contribution is 5.83. The minimum absolute atomic E-state index is 0.0614. The van der Waals surface area contributed by atoms with Crippen molar-refractivity contribution in [2.75, 3.05) is 37.6 Å². The van der Waals surface area contributed by atoms with Crippen LogP contribution in [-0.2, 0) is 17.4 Å². The summed E-state index contributed by atoms with van der Waals surface area (Å²) in [6.07, 6.45) is -4.58. The van der Waals surface area contributed by atoms with Gasteiger partial charge in [0.25, 0.3) is 0 Å². The minimum Gasteiger partial charge on any atom is -0.504 e. The number of nitrogens with zero attached hydrogens (tertiary/aromatic N) is 3. The summed E-state index contributed by atoms with van der Waals surface area (Å²) in [5, 5.41) is 30.1. The predicted octanol–water partition coefficient (Wildman–Crippen LogP) is 2.96. The van der Waals surface area contributed by atoms with Gasteiger partial charge in [-0.25, -0.2) is 0 Å². The lowest BCUT2D eigenvalue weighted by molar-refractivity contribution is -0.386. The van der Waals surface area contributed by atoms with E-state index in [0.29, 0.717) is 31.9 Å². The molecule has 0 aromatic heterocycles. The summed E-state index contributed by atoms with van der Waals surface area (Å²) >= 11 is 0. The van der Waals surface area contributed by atoms with Crippen molar-refractivity contribution in [3.63, 3.8) is 0 Å². The molecule has 0 radical (unpaired) electrons. The van der Waals surface area contributed by atoms with Crippen molar-refractivity contribution >= 4 is 17.2 Å². The Kier molecular flexibility index (Phi) is 6.34. The molecule has 0 saturated carbocycles. The van der Waals surface area contributed by atoms with Crippen LogP contribution in [0.2, 0.25) is 0 Å². The molecule has 2 aromatic carbocycles. The Morgan fingerprint density at radius 2 is 1.77 bits per heavy atom. The number of halogens is 3. The first-order valence-corrected chi connectivity index (χ1v) is 9.40. The van der Waals surface area contributed by atoms with Crippen LogP contribution in [0.3, 0.4) is 0 Å². The topological polar surface area (TPSA) is 107 Å². The van der Waals surface area contributed by atoms with Gasteiger partial charge in [0, 0.05) is 44.4 Å². The number of benzene rings is 2. The maximum Gasteiger partial charge on any atom is 0.416 e. The molecule has 0 amide bonds. The van der Waals surface area contributed by atoms with Crippen LogP contribution >= 0.6 is 0 Å². The number of ketones is 1. The molecule has 3 rings (SSSR count). The predicted molar refractivity (Wildman–Crippen MR) is 105 cm³/mol. The smallest absolute Gasteiger partial charge is 0.416 e. The standard InChI is InChI=1S/C20H20F3N3O5/c21-20(22,23)14-2-1-3-15(11-14)25-6-4-24(5-7-25)12-16(27)8-13-9-17(26(30)31)19(29)18(28)10-13/h1-3,9-11,28-29H,4-8,12H2. The molecule has 0 bridgehead atoms. The fourth-order valence-electron chi connectivity index (χ4n) is 3.48. The van der Waals surface area contributed by atoms with Crippen LogP contribution in [0.5, 0.6) is 11.5 Å². The van der Waals surface area contributed by atoms with Crippen molar-refractivity contribution in [3.8, 4) is 11.5 Å². The zero-order chi connectivity index (χ0) is 22.8. The van der Waals surface area contributed by atoms with Crippen LogP contribution in [0.4, 0.5) is 24.5 Å². The summed E-state index contributed by atoms with van der Waals surface area (Å²) < 4.78 is 38.7. The number of Topliss-reactive ketones (excluding diaryl/α,β-unsaturated/α-hetero) is 1. The van der Waals surface area contributed by atoms with E-state index in [9.17, 15) is 38.3 Å². The van der Waals surface area contributed by atoms with Gasteiger partial charge < -0.3 is 15.1 Å². The molecule has 2 aromatic rings. The maximum absolute atomic E-state index is 12.9. The van der Waals surface area contributed by atoms with Crippen LogP contribution in [0, 0.1) is 10.1 Å². The molecular weight excluding hydrogens is 419 g/mol. The van der Waals surface area contributed by atoms with Crippen LogP contribution in [-0.4, -0.2) is 58.5 Å². The molecule has 31 heavy (non-hydrogen) atoms. The third kappa shape index (κ3) is 5.43. The average molecular weight is 439 g/mol. The van der Waals surface area contributed by atoms with Crippen molar-refractivity contribution in [2.45, 2.75) is 12.6 Å². The van der Waals surface area contributed by atoms with Gasteiger partial charge in [-0.05, 0) is 29.8 Å². The summed E-state index contributed by atoms with van der Waals surface area (Å²) in [5.41, 5.74) is -0.728. The van der Waals surface area contributed by atoms with E-state index in [2.05, 4.69) is 0 Å². The number of nitro groups is 1. The number of hydrogen-bond donors (Lipinski definition) is 2. The Balaban J connectivity index is 1.57. The monoisotopic (exact) mass is 439 g/mol. The van der Waals surface area contributed by atoms with E-state index in [4.69, 9.17) is 0 Å². The number of carbonyl (C=O) groups excluding carboxylic acids is 1. The summed E-state index contributed by atoms with van der Waals surface area (Å²) in [4.78, 5) is 26.1. The second kappa shape index (κ2) is 8.80. The molecule has 1 fully saturated rings. The van der Waals surface area contributed by atoms with E-state index in [-0.39, 0.29) is 24.3 Å². The van der Waals surface area contributed by atoms with Crippen LogP contribution in [0.25, 0.3) is 0 Å². The fraction of sp³-hybridized carbons (Fsp3) is 0.350. The summed E-state index contributed by atoms with van der Waals surface area (Å²) in [7, 11) is 0. The molecule has 1 aliphatic heterocycles. The molecule has 0 aliphatic carbocycles. The number of piperazine rings is 1. The van der Waals surface area contributed by atoms with Crippen molar-refractivity contribution in [1.82, 2.24) is 4.90 Å². The number of nitro benzene ring substituents is 1. The number of rotatable bonds is 6. The van der Waals surface area contributed by atoms with Crippen molar-refractivity contribution in [2.24, 2.45) is 0 Å². The van der Waals surface area contributed by atoms with Gasteiger partial charge in [-0.15, -0.1) is 0 Å². The van der Waals surface area contributed by atoms with E-state index in [1.165, 1.54) is 6.07 Å². The molecular formula is C20H20F3N3O5. The Bertz CT molecular complexity index is 989. The van der Waals surface area contributed by atoms with Gasteiger partial charge >= 0.3 is 11.9 Å². The quantitative estimate of drug-likeness (QED) is 0.405. The van der Waals surface area contributed by atoms with Crippen LogP contribution in [0.15, 0.2) is 36.4 Å². The second-order valence-corrected chi connectivity index (χ2v) is 7.27. The van der Waals surface area contributed by atoms with Gasteiger partial charge in [-0.3, -0.25) is 19.8 Å². The van der Waals surface area contributed by atoms with Crippen molar-refractivity contribution < 1.29 is 33.1 Å². The second-order valence-electron chi connectivity index (χ2n) is 7.27. The molecule has 1 saturated heterocycles. The molecule has 2 N–H and O–H groups in total. The lowest BCUT2D eigenvalue weighted by Gasteiger charge is -2.36. The summed E-state index contributed by atoms with van der Waals surface area (Å²) in [6.45, 7) is 1.87. The van der Waals surface area contributed by atoms with E-state index in [1.54, 1.807) is 6.07 Å². The van der Waals surface area contributed by atoms with Gasteiger partial charge in [0.2, 0.25) is 5.75 Å². The summed E-state index contributed by atoms with van der Waals surface area (Å²) in [5.74, 6) is -1.77. The van der Waals surface area contributed by atoms with Gasteiger partial charge in [0.1, 0.15) is 0 Å². The third-order valence-electron chi connectivity index (χ3n) is 5.04. The molecule has 0 atom stereocenters. The maximum atomic E-state index is 12.9. The first-order valence-electron chi connectivity index (χ1n) is 9.40. The molecule has 0 spiro atoms. The minimum atomic E-state index is -4.41. The molecule has 1 aliphatic rings. The van der Waals surface area contributed by atoms with Gasteiger partial charge in [-0.1, -0.05) is 6.07 Å². The lowest BCUT2D eigenvalue weighted by Crippen LogP contribution is -2.48. The Morgan fingerprint density at radius 3 is 2.39 bits per heavy atom.